The molecular weight excluding hydrogens is 360 g/mol. The number of benzene rings is 2. The largest absolute Gasteiger partial charge is 0.456 e. The van der Waals surface area contributed by atoms with Gasteiger partial charge in [0.2, 0.25) is 0 Å². The topological polar surface area (TPSA) is 72.2 Å². The van der Waals surface area contributed by atoms with Crippen molar-refractivity contribution in [2.45, 2.75) is 0 Å². The smallest absolute Gasteiger partial charge is 0.290 e. The Bertz CT molecular complexity index is 1240. The van der Waals surface area contributed by atoms with Crippen LogP contribution in [0.4, 0.5) is 4.79 Å². The third kappa shape index (κ3) is 2.80. The Morgan fingerprint density at radius 2 is 1.93 bits per heavy atom. The number of hydrogen-bond acceptors (Lipinski definition) is 5. The van der Waals surface area contributed by atoms with Gasteiger partial charge in [0.05, 0.1) is 10.4 Å². The quantitative estimate of drug-likeness (QED) is 0.503. The number of rotatable bonds is 2. The molecule has 2 amide bonds. The first-order valence-corrected chi connectivity index (χ1v) is 9.12. The number of amides is 2. The number of imide groups is 1. The first-order valence-electron chi connectivity index (χ1n) is 8.30. The van der Waals surface area contributed by atoms with Gasteiger partial charge in [0, 0.05) is 22.5 Å². The number of para-hydroxylation sites is 1. The summed E-state index contributed by atoms with van der Waals surface area (Å²) in [6.07, 6.45) is 3.46. The van der Waals surface area contributed by atoms with Crippen molar-refractivity contribution in [1.29, 1.82) is 0 Å². The minimum absolute atomic E-state index is 0.350. The van der Waals surface area contributed by atoms with Gasteiger partial charge < -0.3 is 4.42 Å². The number of nitrogens with zero attached hydrogens (tertiary/aromatic N) is 1. The standard InChI is InChI=1S/C21H12N2O3S/c24-20-19(27-21(25)23-20)10-12-5-6-16-15(9-12)14(7-8-22-16)18-11-13-3-1-2-4-17(13)26-18/h1-11H,(H,23,24,25). The molecule has 4 aromatic rings. The van der Waals surface area contributed by atoms with Gasteiger partial charge in [0.1, 0.15) is 11.3 Å². The highest BCUT2D eigenvalue weighted by Crippen LogP contribution is 2.33. The zero-order valence-corrected chi connectivity index (χ0v) is 14.7. The van der Waals surface area contributed by atoms with Crippen LogP contribution in [0.25, 0.3) is 39.3 Å². The van der Waals surface area contributed by atoms with Crippen molar-refractivity contribution in [3.8, 4) is 11.3 Å². The summed E-state index contributed by atoms with van der Waals surface area (Å²) in [6, 6.07) is 17.5. The van der Waals surface area contributed by atoms with Crippen LogP contribution >= 0.6 is 11.8 Å². The van der Waals surface area contributed by atoms with E-state index in [0.29, 0.717) is 4.91 Å². The summed E-state index contributed by atoms with van der Waals surface area (Å²) in [5.74, 6) is 0.394. The number of carbonyl (C=O) groups is 2. The molecule has 0 saturated carbocycles. The molecule has 1 aliphatic heterocycles. The van der Waals surface area contributed by atoms with E-state index in [1.165, 1.54) is 0 Å². The minimum Gasteiger partial charge on any atom is -0.456 e. The van der Waals surface area contributed by atoms with E-state index in [1.807, 2.05) is 54.6 Å². The van der Waals surface area contributed by atoms with Gasteiger partial charge in [-0.3, -0.25) is 19.9 Å². The van der Waals surface area contributed by atoms with E-state index in [-0.39, 0.29) is 11.1 Å². The average Bonchev–Trinajstić information content (AvgIpc) is 3.23. The van der Waals surface area contributed by atoms with Gasteiger partial charge in [0.15, 0.2) is 0 Å². The summed E-state index contributed by atoms with van der Waals surface area (Å²) >= 11 is 0.905. The fourth-order valence-electron chi connectivity index (χ4n) is 3.16. The highest BCUT2D eigenvalue weighted by atomic mass is 32.2. The SMILES string of the molecule is O=C1NC(=O)C(=Cc2ccc3nccc(-c4cc5ccccc5o4)c3c2)S1. The molecule has 6 heteroatoms. The minimum atomic E-state index is -0.367. The van der Waals surface area contributed by atoms with Crippen LogP contribution in [0, 0.1) is 0 Å². The average molecular weight is 372 g/mol. The van der Waals surface area contributed by atoms with Crippen molar-refractivity contribution in [3.05, 3.63) is 71.3 Å². The van der Waals surface area contributed by atoms with E-state index in [4.69, 9.17) is 4.42 Å². The second-order valence-electron chi connectivity index (χ2n) is 6.14. The Labute approximate surface area is 158 Å². The molecule has 2 aromatic heterocycles. The number of hydrogen-bond donors (Lipinski definition) is 1. The fraction of sp³-hybridized carbons (Fsp3) is 0. The number of nitrogens with one attached hydrogen (secondary N) is 1. The van der Waals surface area contributed by atoms with E-state index < -0.39 is 0 Å². The number of carbonyl (C=O) groups excluding carboxylic acids is 2. The Balaban J connectivity index is 1.66. The predicted octanol–water partition coefficient (Wildman–Crippen LogP) is 4.97. The van der Waals surface area contributed by atoms with Crippen LogP contribution in [0.5, 0.6) is 0 Å². The van der Waals surface area contributed by atoms with Crippen LogP contribution in [-0.2, 0) is 4.79 Å². The first kappa shape index (κ1) is 15.8. The molecule has 0 atom stereocenters. The van der Waals surface area contributed by atoms with Crippen molar-refractivity contribution in [1.82, 2.24) is 10.3 Å². The van der Waals surface area contributed by atoms with Gasteiger partial charge in [0.25, 0.3) is 11.1 Å². The molecule has 1 saturated heterocycles. The maximum Gasteiger partial charge on any atom is 0.290 e. The lowest BCUT2D eigenvalue weighted by molar-refractivity contribution is -0.115. The zero-order chi connectivity index (χ0) is 18.4. The number of fused-ring (bicyclic) bond motifs is 2. The Kier molecular flexibility index (Phi) is 3.58. The third-order valence-electron chi connectivity index (χ3n) is 4.40. The monoisotopic (exact) mass is 372 g/mol. The molecule has 27 heavy (non-hydrogen) atoms. The molecule has 130 valence electrons. The van der Waals surface area contributed by atoms with E-state index >= 15 is 0 Å². The molecule has 1 aliphatic rings. The number of pyridine rings is 1. The van der Waals surface area contributed by atoms with Crippen LogP contribution in [-0.4, -0.2) is 16.1 Å². The lowest BCUT2D eigenvalue weighted by Gasteiger charge is -2.05. The third-order valence-corrected chi connectivity index (χ3v) is 5.21. The fourth-order valence-corrected chi connectivity index (χ4v) is 3.84. The first-order chi connectivity index (χ1) is 13.2. The summed E-state index contributed by atoms with van der Waals surface area (Å²) in [5.41, 5.74) is 3.40. The van der Waals surface area contributed by atoms with Crippen LogP contribution in [0.1, 0.15) is 5.56 Å². The van der Waals surface area contributed by atoms with Crippen molar-refractivity contribution < 1.29 is 14.0 Å². The molecule has 0 bridgehead atoms. The maximum absolute atomic E-state index is 11.8. The van der Waals surface area contributed by atoms with E-state index in [2.05, 4.69) is 10.3 Å². The Morgan fingerprint density at radius 3 is 2.74 bits per heavy atom. The summed E-state index contributed by atoms with van der Waals surface area (Å²) < 4.78 is 6.01. The molecule has 1 fully saturated rings. The van der Waals surface area contributed by atoms with Crippen LogP contribution < -0.4 is 5.32 Å². The van der Waals surface area contributed by atoms with Crippen molar-refractivity contribution in [2.24, 2.45) is 0 Å². The molecule has 3 heterocycles. The second-order valence-corrected chi connectivity index (χ2v) is 7.15. The molecule has 5 nitrogen and oxygen atoms in total. The van der Waals surface area contributed by atoms with Gasteiger partial charge in [-0.05, 0) is 53.7 Å². The second kappa shape index (κ2) is 6.10. The van der Waals surface area contributed by atoms with E-state index in [0.717, 1.165) is 50.5 Å². The lowest BCUT2D eigenvalue weighted by atomic mass is 10.0. The predicted molar refractivity (Wildman–Crippen MR) is 106 cm³/mol. The summed E-state index contributed by atoms with van der Waals surface area (Å²) in [5, 5.41) is 3.87. The summed E-state index contributed by atoms with van der Waals surface area (Å²) in [6.45, 7) is 0. The molecular formula is C21H12N2O3S. The molecule has 0 aliphatic carbocycles. The number of furan rings is 1. The highest BCUT2D eigenvalue weighted by Gasteiger charge is 2.25. The molecule has 2 aromatic carbocycles. The molecule has 5 rings (SSSR count). The van der Waals surface area contributed by atoms with Crippen LogP contribution in [0.3, 0.4) is 0 Å². The van der Waals surface area contributed by atoms with Gasteiger partial charge in [-0.25, -0.2) is 0 Å². The maximum atomic E-state index is 11.8. The van der Waals surface area contributed by atoms with Gasteiger partial charge in [-0.1, -0.05) is 24.3 Å². The Hall–Kier alpha value is -3.38. The van der Waals surface area contributed by atoms with Crippen molar-refractivity contribution in [2.75, 3.05) is 0 Å². The lowest BCUT2D eigenvalue weighted by Crippen LogP contribution is -2.17. The number of thioether (sulfide) groups is 1. The molecule has 0 spiro atoms. The number of aromatic nitrogens is 1. The summed E-state index contributed by atoms with van der Waals surface area (Å²) in [7, 11) is 0. The molecule has 0 radical (unpaired) electrons. The normalized spacial score (nSPS) is 15.8. The van der Waals surface area contributed by atoms with Crippen LogP contribution in [0.15, 0.2) is 70.1 Å². The summed E-state index contributed by atoms with van der Waals surface area (Å²) in [4.78, 5) is 28.0. The van der Waals surface area contributed by atoms with Crippen molar-refractivity contribution in [3.63, 3.8) is 0 Å². The zero-order valence-electron chi connectivity index (χ0n) is 13.9. The highest BCUT2D eigenvalue weighted by molar-refractivity contribution is 8.18. The Morgan fingerprint density at radius 1 is 1.04 bits per heavy atom. The van der Waals surface area contributed by atoms with Gasteiger partial charge >= 0.3 is 0 Å². The van der Waals surface area contributed by atoms with E-state index in [1.54, 1.807) is 12.3 Å². The van der Waals surface area contributed by atoms with Gasteiger partial charge in [-0.2, -0.15) is 0 Å². The van der Waals surface area contributed by atoms with Gasteiger partial charge in [-0.15, -0.1) is 0 Å². The van der Waals surface area contributed by atoms with Crippen LogP contribution in [0.2, 0.25) is 0 Å². The van der Waals surface area contributed by atoms with Crippen molar-refractivity contribution >= 4 is 50.9 Å². The molecule has 0 unspecified atom stereocenters. The van der Waals surface area contributed by atoms with E-state index in [9.17, 15) is 9.59 Å². The molecule has 1 N–H and O–H groups in total.